The summed E-state index contributed by atoms with van der Waals surface area (Å²) in [6.07, 6.45) is 0.983. The maximum Gasteiger partial charge on any atom is 0.318 e. The number of nitrogens with zero attached hydrogens (tertiary/aromatic N) is 1. The highest BCUT2D eigenvalue weighted by Crippen LogP contribution is 2.20. The Kier molecular flexibility index (Phi) is 5.48. The van der Waals surface area contributed by atoms with E-state index in [2.05, 4.69) is 13.8 Å². The third kappa shape index (κ3) is 3.51. The van der Waals surface area contributed by atoms with Gasteiger partial charge in [-0.1, -0.05) is 20.3 Å². The van der Waals surface area contributed by atoms with Crippen LogP contribution in [-0.2, 0) is 9.59 Å². The lowest BCUT2D eigenvalue weighted by atomic mass is 9.91. The van der Waals surface area contributed by atoms with E-state index >= 15 is 0 Å². The van der Waals surface area contributed by atoms with E-state index in [9.17, 15) is 9.59 Å². The number of rotatable bonds is 6. The van der Waals surface area contributed by atoms with Crippen LogP contribution in [0, 0.1) is 11.3 Å². The van der Waals surface area contributed by atoms with Crippen LogP contribution in [0.15, 0.2) is 0 Å². The van der Waals surface area contributed by atoms with Crippen LogP contribution in [0.4, 0.5) is 0 Å². The highest BCUT2D eigenvalue weighted by molar-refractivity contribution is 6.00. The van der Waals surface area contributed by atoms with Gasteiger partial charge < -0.3 is 10.0 Å². The van der Waals surface area contributed by atoms with Crippen molar-refractivity contribution in [1.29, 1.82) is 0 Å². The predicted molar refractivity (Wildman–Crippen MR) is 63.1 cm³/mol. The van der Waals surface area contributed by atoms with Crippen molar-refractivity contribution in [3.63, 3.8) is 0 Å². The van der Waals surface area contributed by atoms with Gasteiger partial charge in [0, 0.05) is 13.1 Å². The molecule has 0 aromatic heterocycles. The molecule has 0 aromatic rings. The maximum atomic E-state index is 12.0. The van der Waals surface area contributed by atoms with Crippen LogP contribution in [0.25, 0.3) is 0 Å². The molecule has 4 nitrogen and oxygen atoms in total. The van der Waals surface area contributed by atoms with Crippen LogP contribution in [0.1, 0.15) is 41.0 Å². The minimum atomic E-state index is -1.33. The van der Waals surface area contributed by atoms with E-state index in [-0.39, 0.29) is 5.91 Å². The molecule has 0 aromatic carbocycles. The van der Waals surface area contributed by atoms with Crippen LogP contribution < -0.4 is 0 Å². The van der Waals surface area contributed by atoms with Gasteiger partial charge in [-0.2, -0.15) is 0 Å². The SMILES string of the molecule is CCC(C)CN(CC)C(=O)C(C)(C)C(=O)O. The van der Waals surface area contributed by atoms with Crippen LogP contribution >= 0.6 is 0 Å². The summed E-state index contributed by atoms with van der Waals surface area (Å²) < 4.78 is 0. The number of hydrogen-bond acceptors (Lipinski definition) is 2. The normalized spacial score (nSPS) is 13.3. The Morgan fingerprint density at radius 1 is 1.31 bits per heavy atom. The molecule has 0 rings (SSSR count). The number of amides is 1. The standard InChI is InChI=1S/C12H23NO3/c1-6-9(3)8-13(7-2)10(14)12(4,5)11(15)16/h9H,6-8H2,1-5H3,(H,15,16). The average molecular weight is 229 g/mol. The Morgan fingerprint density at radius 2 is 1.81 bits per heavy atom. The summed E-state index contributed by atoms with van der Waals surface area (Å²) in [6, 6.07) is 0. The van der Waals surface area contributed by atoms with Crippen molar-refractivity contribution in [3.05, 3.63) is 0 Å². The minimum Gasteiger partial charge on any atom is -0.480 e. The molecule has 0 aliphatic carbocycles. The van der Waals surface area contributed by atoms with Gasteiger partial charge in [0.15, 0.2) is 0 Å². The van der Waals surface area contributed by atoms with Crippen LogP contribution in [0.2, 0.25) is 0 Å². The van der Waals surface area contributed by atoms with Crippen molar-refractivity contribution in [2.45, 2.75) is 41.0 Å². The monoisotopic (exact) mass is 229 g/mol. The Balaban J connectivity index is 4.72. The second-order valence-corrected chi connectivity index (χ2v) is 4.79. The molecule has 1 atom stereocenters. The number of carboxylic acid groups (broad SMARTS) is 1. The maximum absolute atomic E-state index is 12.0. The zero-order chi connectivity index (χ0) is 12.9. The Morgan fingerprint density at radius 3 is 2.12 bits per heavy atom. The van der Waals surface area contributed by atoms with Crippen molar-refractivity contribution in [2.24, 2.45) is 11.3 Å². The molecule has 0 aliphatic heterocycles. The van der Waals surface area contributed by atoms with Crippen molar-refractivity contribution in [2.75, 3.05) is 13.1 Å². The topological polar surface area (TPSA) is 57.6 Å². The smallest absolute Gasteiger partial charge is 0.318 e. The van der Waals surface area contributed by atoms with Gasteiger partial charge in [-0.05, 0) is 26.7 Å². The fourth-order valence-electron chi connectivity index (χ4n) is 1.35. The van der Waals surface area contributed by atoms with Gasteiger partial charge in [-0.15, -0.1) is 0 Å². The second kappa shape index (κ2) is 5.87. The second-order valence-electron chi connectivity index (χ2n) is 4.79. The zero-order valence-electron chi connectivity index (χ0n) is 10.9. The van der Waals surface area contributed by atoms with Gasteiger partial charge in [-0.25, -0.2) is 0 Å². The first-order valence-corrected chi connectivity index (χ1v) is 5.80. The van der Waals surface area contributed by atoms with Crippen LogP contribution in [-0.4, -0.2) is 35.0 Å². The predicted octanol–water partition coefficient (Wildman–Crippen LogP) is 1.99. The van der Waals surface area contributed by atoms with Gasteiger partial charge in [0.05, 0.1) is 0 Å². The summed E-state index contributed by atoms with van der Waals surface area (Å²) in [5, 5.41) is 9.00. The number of hydrogen-bond donors (Lipinski definition) is 1. The molecule has 94 valence electrons. The number of aliphatic carboxylic acids is 1. The molecule has 0 aliphatic rings. The lowest BCUT2D eigenvalue weighted by Gasteiger charge is -2.30. The van der Waals surface area contributed by atoms with Crippen LogP contribution in [0.3, 0.4) is 0 Å². The number of carbonyl (C=O) groups is 2. The van der Waals surface area contributed by atoms with Gasteiger partial charge in [0.1, 0.15) is 5.41 Å². The summed E-state index contributed by atoms with van der Waals surface area (Å²) in [4.78, 5) is 24.7. The molecule has 0 fully saturated rings. The van der Waals surface area contributed by atoms with Gasteiger partial charge >= 0.3 is 5.97 Å². The summed E-state index contributed by atoms with van der Waals surface area (Å²) in [7, 11) is 0. The van der Waals surface area contributed by atoms with Gasteiger partial charge in [-0.3, -0.25) is 9.59 Å². The van der Waals surface area contributed by atoms with Crippen molar-refractivity contribution in [1.82, 2.24) is 4.90 Å². The first kappa shape index (κ1) is 14.9. The molecule has 0 radical (unpaired) electrons. The van der Waals surface area contributed by atoms with Crippen LogP contribution in [0.5, 0.6) is 0 Å². The average Bonchev–Trinajstić information content (AvgIpc) is 2.24. The van der Waals surface area contributed by atoms with E-state index in [1.807, 2.05) is 6.92 Å². The molecular weight excluding hydrogens is 206 g/mol. The molecule has 0 saturated carbocycles. The molecule has 1 amide bonds. The summed E-state index contributed by atoms with van der Waals surface area (Å²) in [6.45, 7) is 10.1. The van der Waals surface area contributed by atoms with E-state index in [1.54, 1.807) is 4.90 Å². The molecule has 16 heavy (non-hydrogen) atoms. The molecule has 0 saturated heterocycles. The summed E-state index contributed by atoms with van der Waals surface area (Å²) in [5.74, 6) is -0.976. The third-order valence-electron chi connectivity index (χ3n) is 2.97. The lowest BCUT2D eigenvalue weighted by Crippen LogP contribution is -2.46. The largest absolute Gasteiger partial charge is 0.480 e. The molecule has 1 N–H and O–H groups in total. The first-order chi connectivity index (χ1) is 7.27. The number of carbonyl (C=O) groups excluding carboxylic acids is 1. The molecule has 1 unspecified atom stereocenters. The fraction of sp³-hybridized carbons (Fsp3) is 0.833. The molecule has 4 heteroatoms. The summed E-state index contributed by atoms with van der Waals surface area (Å²) in [5.41, 5.74) is -1.33. The van der Waals surface area contributed by atoms with E-state index < -0.39 is 11.4 Å². The highest BCUT2D eigenvalue weighted by atomic mass is 16.4. The van der Waals surface area contributed by atoms with E-state index in [1.165, 1.54) is 13.8 Å². The zero-order valence-corrected chi connectivity index (χ0v) is 10.9. The van der Waals surface area contributed by atoms with Crippen molar-refractivity contribution >= 4 is 11.9 Å². The van der Waals surface area contributed by atoms with Gasteiger partial charge in [0.2, 0.25) is 5.91 Å². The Hall–Kier alpha value is -1.06. The lowest BCUT2D eigenvalue weighted by molar-refractivity contribution is -0.158. The molecule has 0 spiro atoms. The fourth-order valence-corrected chi connectivity index (χ4v) is 1.35. The highest BCUT2D eigenvalue weighted by Gasteiger charge is 2.38. The molecule has 0 heterocycles. The number of carboxylic acids is 1. The summed E-state index contributed by atoms with van der Waals surface area (Å²) >= 11 is 0. The molecule has 0 bridgehead atoms. The van der Waals surface area contributed by atoms with E-state index in [0.29, 0.717) is 19.0 Å². The molecular formula is C12H23NO3. The first-order valence-electron chi connectivity index (χ1n) is 5.80. The van der Waals surface area contributed by atoms with E-state index in [0.717, 1.165) is 6.42 Å². The minimum absolute atomic E-state index is 0.303. The van der Waals surface area contributed by atoms with Crippen molar-refractivity contribution in [3.8, 4) is 0 Å². The quantitative estimate of drug-likeness (QED) is 0.709. The van der Waals surface area contributed by atoms with Crippen molar-refractivity contribution < 1.29 is 14.7 Å². The third-order valence-corrected chi connectivity index (χ3v) is 2.97. The van der Waals surface area contributed by atoms with E-state index in [4.69, 9.17) is 5.11 Å². The Labute approximate surface area is 97.6 Å². The Bertz CT molecular complexity index is 261. The van der Waals surface area contributed by atoms with Gasteiger partial charge in [0.25, 0.3) is 0 Å².